The van der Waals surface area contributed by atoms with Gasteiger partial charge in [-0.3, -0.25) is 10.1 Å². The minimum atomic E-state index is -1.23. The molecule has 6 nitrogen and oxygen atoms in total. The zero-order chi connectivity index (χ0) is 13.0. The first kappa shape index (κ1) is 13.0. The van der Waals surface area contributed by atoms with Crippen LogP contribution in [0.15, 0.2) is 12.1 Å². The van der Waals surface area contributed by atoms with Crippen molar-refractivity contribution in [3.8, 4) is 5.75 Å². The fourth-order valence-corrected chi connectivity index (χ4v) is 1.41. The highest BCUT2D eigenvalue weighted by molar-refractivity contribution is 5.92. The number of rotatable bonds is 5. The van der Waals surface area contributed by atoms with Crippen molar-refractivity contribution in [3.05, 3.63) is 33.4 Å². The number of non-ortho nitro benzene ring substituents is 1. The van der Waals surface area contributed by atoms with Crippen molar-refractivity contribution in [2.24, 2.45) is 0 Å². The molecule has 0 aliphatic carbocycles. The maximum atomic E-state index is 11.0. The van der Waals surface area contributed by atoms with Gasteiger partial charge in [-0.05, 0) is 18.9 Å². The molecular formula is C11H13NO5. The Morgan fingerprint density at radius 2 is 2.18 bits per heavy atom. The lowest BCUT2D eigenvalue weighted by Crippen LogP contribution is -2.06. The van der Waals surface area contributed by atoms with Gasteiger partial charge in [-0.25, -0.2) is 4.79 Å². The van der Waals surface area contributed by atoms with E-state index in [0.717, 1.165) is 12.5 Å². The zero-order valence-corrected chi connectivity index (χ0v) is 9.60. The summed E-state index contributed by atoms with van der Waals surface area (Å²) in [5, 5.41) is 19.6. The molecule has 0 aliphatic rings. The lowest BCUT2D eigenvalue weighted by atomic mass is 10.1. The monoisotopic (exact) mass is 239 g/mol. The van der Waals surface area contributed by atoms with Crippen LogP contribution >= 0.6 is 0 Å². The normalized spacial score (nSPS) is 10.0. The molecule has 1 aromatic rings. The molecular weight excluding hydrogens is 226 g/mol. The number of aromatic carboxylic acids is 1. The number of carboxylic acid groups (broad SMARTS) is 1. The molecule has 0 aliphatic heterocycles. The summed E-state index contributed by atoms with van der Waals surface area (Å²) in [6.45, 7) is 3.85. The molecule has 0 unspecified atom stereocenters. The summed E-state index contributed by atoms with van der Waals surface area (Å²) < 4.78 is 5.31. The summed E-state index contributed by atoms with van der Waals surface area (Å²) >= 11 is 0. The van der Waals surface area contributed by atoms with Crippen LogP contribution in [0.3, 0.4) is 0 Å². The number of carbonyl (C=O) groups is 1. The average molecular weight is 239 g/mol. The van der Waals surface area contributed by atoms with E-state index in [4.69, 9.17) is 9.84 Å². The summed E-state index contributed by atoms with van der Waals surface area (Å²) in [7, 11) is 0. The second kappa shape index (κ2) is 5.29. The van der Waals surface area contributed by atoms with Gasteiger partial charge in [0, 0.05) is 12.1 Å². The quantitative estimate of drug-likeness (QED) is 0.629. The molecule has 0 fully saturated rings. The molecule has 0 aromatic heterocycles. The second-order valence-electron chi connectivity index (χ2n) is 3.55. The van der Waals surface area contributed by atoms with Crippen molar-refractivity contribution >= 4 is 11.7 Å². The van der Waals surface area contributed by atoms with Crippen LogP contribution in [0.2, 0.25) is 0 Å². The van der Waals surface area contributed by atoms with Crippen molar-refractivity contribution in [1.82, 2.24) is 0 Å². The Bertz CT molecular complexity index is 455. The number of nitro groups is 1. The molecule has 1 rings (SSSR count). The molecule has 0 saturated carbocycles. The number of nitrogens with zero attached hydrogens (tertiary/aromatic N) is 1. The van der Waals surface area contributed by atoms with Crippen molar-refractivity contribution in [2.75, 3.05) is 6.61 Å². The number of hydrogen-bond acceptors (Lipinski definition) is 4. The highest BCUT2D eigenvalue weighted by Crippen LogP contribution is 2.29. The van der Waals surface area contributed by atoms with E-state index in [1.807, 2.05) is 6.92 Å². The smallest absolute Gasteiger partial charge is 0.339 e. The number of hydrogen-bond donors (Lipinski definition) is 1. The van der Waals surface area contributed by atoms with Gasteiger partial charge in [0.2, 0.25) is 0 Å². The molecule has 0 radical (unpaired) electrons. The topological polar surface area (TPSA) is 89.7 Å². The van der Waals surface area contributed by atoms with Crippen molar-refractivity contribution in [2.45, 2.75) is 20.3 Å². The molecule has 1 aromatic carbocycles. The fraction of sp³-hybridized carbons (Fsp3) is 0.364. The highest BCUT2D eigenvalue weighted by atomic mass is 16.6. The summed E-state index contributed by atoms with van der Waals surface area (Å²) in [6.07, 6.45) is 0.732. The SMILES string of the molecule is CCCOc1c(C)cc([N+](=O)[O-])cc1C(=O)O. The van der Waals surface area contributed by atoms with E-state index in [2.05, 4.69) is 0 Å². The van der Waals surface area contributed by atoms with Crippen LogP contribution in [0.1, 0.15) is 29.3 Å². The van der Waals surface area contributed by atoms with E-state index in [1.54, 1.807) is 6.92 Å². The predicted octanol–water partition coefficient (Wildman–Crippen LogP) is 2.39. The van der Waals surface area contributed by atoms with Crippen molar-refractivity contribution in [1.29, 1.82) is 0 Å². The van der Waals surface area contributed by atoms with Crippen LogP contribution in [0.4, 0.5) is 5.69 Å². The van der Waals surface area contributed by atoms with Gasteiger partial charge in [0.25, 0.3) is 5.69 Å². The van der Waals surface area contributed by atoms with Crippen LogP contribution in [0.5, 0.6) is 5.75 Å². The number of aryl methyl sites for hydroxylation is 1. The molecule has 6 heteroatoms. The van der Waals surface area contributed by atoms with Crippen molar-refractivity contribution < 1.29 is 19.6 Å². The maximum absolute atomic E-state index is 11.0. The minimum absolute atomic E-state index is 0.176. The molecule has 1 N–H and O–H groups in total. The summed E-state index contributed by atoms with van der Waals surface area (Å²) in [6, 6.07) is 2.32. The van der Waals surface area contributed by atoms with Crippen molar-refractivity contribution in [3.63, 3.8) is 0 Å². The number of nitro benzene ring substituents is 1. The van der Waals surface area contributed by atoms with Gasteiger partial charge in [0.15, 0.2) is 0 Å². The molecule has 0 atom stereocenters. The van der Waals surface area contributed by atoms with Gasteiger partial charge >= 0.3 is 5.97 Å². The van der Waals surface area contributed by atoms with E-state index in [9.17, 15) is 14.9 Å². The summed E-state index contributed by atoms with van der Waals surface area (Å²) in [5.74, 6) is -1.03. The minimum Gasteiger partial charge on any atom is -0.492 e. The molecule has 0 amide bonds. The molecule has 0 bridgehead atoms. The zero-order valence-electron chi connectivity index (χ0n) is 9.60. The number of carboxylic acids is 1. The Labute approximate surface area is 98.0 Å². The fourth-order valence-electron chi connectivity index (χ4n) is 1.41. The first-order chi connectivity index (χ1) is 7.97. The molecule has 17 heavy (non-hydrogen) atoms. The van der Waals surface area contributed by atoms with Gasteiger partial charge in [-0.15, -0.1) is 0 Å². The van der Waals surface area contributed by atoms with Gasteiger partial charge in [-0.1, -0.05) is 6.92 Å². The van der Waals surface area contributed by atoms with E-state index < -0.39 is 10.9 Å². The van der Waals surface area contributed by atoms with Crippen LogP contribution in [0.25, 0.3) is 0 Å². The largest absolute Gasteiger partial charge is 0.492 e. The highest BCUT2D eigenvalue weighted by Gasteiger charge is 2.19. The predicted molar refractivity (Wildman–Crippen MR) is 60.6 cm³/mol. The van der Waals surface area contributed by atoms with Gasteiger partial charge in [-0.2, -0.15) is 0 Å². The van der Waals surface area contributed by atoms with Gasteiger partial charge in [0.05, 0.1) is 11.5 Å². The Balaban J connectivity index is 3.28. The Morgan fingerprint density at radius 1 is 1.53 bits per heavy atom. The van der Waals surface area contributed by atoms with E-state index in [0.29, 0.717) is 12.2 Å². The van der Waals surface area contributed by atoms with Crippen LogP contribution in [-0.4, -0.2) is 22.6 Å². The van der Waals surface area contributed by atoms with Gasteiger partial charge < -0.3 is 9.84 Å². The molecule has 0 heterocycles. The first-order valence-electron chi connectivity index (χ1n) is 5.12. The van der Waals surface area contributed by atoms with Crippen LogP contribution in [-0.2, 0) is 0 Å². The van der Waals surface area contributed by atoms with E-state index >= 15 is 0 Å². The standard InChI is InChI=1S/C11H13NO5/c1-3-4-17-10-7(2)5-8(12(15)16)6-9(10)11(13)14/h5-6H,3-4H2,1-2H3,(H,13,14). The third kappa shape index (κ3) is 2.93. The van der Waals surface area contributed by atoms with Gasteiger partial charge in [0.1, 0.15) is 11.3 Å². The number of benzene rings is 1. The van der Waals surface area contributed by atoms with Crippen LogP contribution in [0, 0.1) is 17.0 Å². The summed E-state index contributed by atoms with van der Waals surface area (Å²) in [4.78, 5) is 21.0. The number of ether oxygens (including phenoxy) is 1. The molecule has 92 valence electrons. The third-order valence-corrected chi connectivity index (χ3v) is 2.15. The Morgan fingerprint density at radius 3 is 2.65 bits per heavy atom. The first-order valence-corrected chi connectivity index (χ1v) is 5.12. The average Bonchev–Trinajstić information content (AvgIpc) is 2.26. The Kier molecular flexibility index (Phi) is 4.03. The molecule has 0 spiro atoms. The third-order valence-electron chi connectivity index (χ3n) is 2.15. The summed E-state index contributed by atoms with van der Waals surface area (Å²) in [5.41, 5.74) is 0.0268. The van der Waals surface area contributed by atoms with Crippen LogP contribution < -0.4 is 4.74 Å². The second-order valence-corrected chi connectivity index (χ2v) is 3.55. The Hall–Kier alpha value is -2.11. The lowest BCUT2D eigenvalue weighted by Gasteiger charge is -2.11. The lowest BCUT2D eigenvalue weighted by molar-refractivity contribution is -0.385. The van der Waals surface area contributed by atoms with E-state index in [-0.39, 0.29) is 17.0 Å². The maximum Gasteiger partial charge on any atom is 0.339 e. The van der Waals surface area contributed by atoms with E-state index in [1.165, 1.54) is 6.07 Å². The molecule has 0 saturated heterocycles.